The first kappa shape index (κ1) is 17.6. The van der Waals surface area contributed by atoms with Gasteiger partial charge in [-0.2, -0.15) is 0 Å². The van der Waals surface area contributed by atoms with Crippen molar-refractivity contribution in [2.75, 3.05) is 6.61 Å². The molecule has 2 heterocycles. The Hall–Kier alpha value is -1.85. The second-order valence-corrected chi connectivity index (χ2v) is 9.21. The molecular formula is C21H21NO2S2. The van der Waals surface area contributed by atoms with Crippen LogP contribution >= 0.6 is 23.1 Å². The molecule has 2 aromatic heterocycles. The minimum Gasteiger partial charge on any atom is -0.466 e. The number of hydrogen-bond acceptors (Lipinski definition) is 5. The number of pyridine rings is 1. The SMILES string of the molecule is CCOC(=O)C1CCC1Sc1ccc(-c2ccnc3ccc(C)cc23)s1. The van der Waals surface area contributed by atoms with Crippen LogP contribution in [0.1, 0.15) is 25.3 Å². The summed E-state index contributed by atoms with van der Waals surface area (Å²) in [6, 6.07) is 12.8. The summed E-state index contributed by atoms with van der Waals surface area (Å²) in [5, 5.41) is 1.54. The zero-order valence-corrected chi connectivity index (χ0v) is 16.5. The highest BCUT2D eigenvalue weighted by Gasteiger charge is 2.38. The van der Waals surface area contributed by atoms with Crippen LogP contribution in [0.25, 0.3) is 21.3 Å². The van der Waals surface area contributed by atoms with Crippen LogP contribution < -0.4 is 0 Å². The second kappa shape index (κ2) is 7.41. The Balaban J connectivity index is 1.56. The molecule has 0 saturated heterocycles. The molecule has 2 unspecified atom stereocenters. The van der Waals surface area contributed by atoms with Gasteiger partial charge in [-0.3, -0.25) is 9.78 Å². The lowest BCUT2D eigenvalue weighted by molar-refractivity contribution is -0.150. The molecule has 0 N–H and O–H groups in total. The topological polar surface area (TPSA) is 39.2 Å². The second-order valence-electron chi connectivity index (χ2n) is 6.59. The van der Waals surface area contributed by atoms with Gasteiger partial charge in [-0.25, -0.2) is 0 Å². The smallest absolute Gasteiger partial charge is 0.310 e. The molecule has 3 aromatic rings. The Kier molecular flexibility index (Phi) is 5.00. The van der Waals surface area contributed by atoms with Gasteiger partial charge in [0.25, 0.3) is 0 Å². The first-order valence-electron chi connectivity index (χ1n) is 8.94. The van der Waals surface area contributed by atoms with Crippen molar-refractivity contribution in [2.45, 2.75) is 36.1 Å². The highest BCUT2D eigenvalue weighted by Crippen LogP contribution is 2.45. The zero-order valence-electron chi connectivity index (χ0n) is 14.9. The van der Waals surface area contributed by atoms with E-state index < -0.39 is 0 Å². The molecule has 1 aliphatic carbocycles. The average molecular weight is 384 g/mol. The van der Waals surface area contributed by atoms with E-state index in [2.05, 4.69) is 48.3 Å². The average Bonchev–Trinajstić information content (AvgIpc) is 3.07. The third-order valence-corrected chi connectivity index (χ3v) is 7.50. The molecule has 1 aromatic carbocycles. The number of fused-ring (bicyclic) bond motifs is 1. The van der Waals surface area contributed by atoms with Crippen LogP contribution in [0.3, 0.4) is 0 Å². The molecule has 5 heteroatoms. The summed E-state index contributed by atoms with van der Waals surface area (Å²) in [6.45, 7) is 4.44. The maximum Gasteiger partial charge on any atom is 0.310 e. The van der Waals surface area contributed by atoms with Crippen LogP contribution in [0.15, 0.2) is 46.8 Å². The van der Waals surface area contributed by atoms with Gasteiger partial charge < -0.3 is 4.74 Å². The van der Waals surface area contributed by atoms with Gasteiger partial charge in [0, 0.05) is 27.3 Å². The van der Waals surface area contributed by atoms with Gasteiger partial charge in [0.05, 0.1) is 22.3 Å². The monoisotopic (exact) mass is 383 g/mol. The Morgan fingerprint density at radius 3 is 2.92 bits per heavy atom. The molecule has 0 radical (unpaired) electrons. The number of ether oxygens (including phenoxy) is 1. The fourth-order valence-corrected chi connectivity index (χ4v) is 6.00. The van der Waals surface area contributed by atoms with E-state index in [1.165, 1.54) is 25.6 Å². The molecule has 2 atom stereocenters. The molecule has 0 aliphatic heterocycles. The molecule has 0 amide bonds. The van der Waals surface area contributed by atoms with Crippen molar-refractivity contribution in [2.24, 2.45) is 5.92 Å². The molecule has 4 rings (SSSR count). The Labute approximate surface area is 161 Å². The molecule has 26 heavy (non-hydrogen) atoms. The summed E-state index contributed by atoms with van der Waals surface area (Å²) in [5.41, 5.74) is 3.49. The van der Waals surface area contributed by atoms with E-state index in [1.54, 1.807) is 11.3 Å². The molecule has 1 fully saturated rings. The number of benzene rings is 1. The van der Waals surface area contributed by atoms with E-state index in [9.17, 15) is 4.79 Å². The predicted molar refractivity (Wildman–Crippen MR) is 109 cm³/mol. The predicted octanol–water partition coefficient (Wildman–Crippen LogP) is 5.71. The van der Waals surface area contributed by atoms with Gasteiger partial charge in [-0.15, -0.1) is 23.1 Å². The third-order valence-electron chi connectivity index (χ3n) is 4.81. The Morgan fingerprint density at radius 1 is 1.27 bits per heavy atom. The Morgan fingerprint density at radius 2 is 2.15 bits per heavy atom. The van der Waals surface area contributed by atoms with Gasteiger partial charge in [0.15, 0.2) is 0 Å². The van der Waals surface area contributed by atoms with E-state index in [0.29, 0.717) is 11.9 Å². The lowest BCUT2D eigenvalue weighted by Crippen LogP contribution is -2.36. The van der Waals surface area contributed by atoms with E-state index in [4.69, 9.17) is 4.74 Å². The molecule has 0 bridgehead atoms. The summed E-state index contributed by atoms with van der Waals surface area (Å²) in [5.74, 6) is 0.0125. The number of thiophene rings is 1. The van der Waals surface area contributed by atoms with Crippen molar-refractivity contribution in [3.8, 4) is 10.4 Å². The summed E-state index contributed by atoms with van der Waals surface area (Å²) in [6.07, 6.45) is 3.91. The van der Waals surface area contributed by atoms with Crippen molar-refractivity contribution in [1.82, 2.24) is 4.98 Å². The lowest BCUT2D eigenvalue weighted by Gasteiger charge is -2.33. The first-order valence-corrected chi connectivity index (χ1v) is 10.6. The largest absolute Gasteiger partial charge is 0.466 e. The highest BCUT2D eigenvalue weighted by molar-refractivity contribution is 8.01. The molecular weight excluding hydrogens is 362 g/mol. The maximum absolute atomic E-state index is 12.0. The summed E-state index contributed by atoms with van der Waals surface area (Å²) < 4.78 is 6.45. The van der Waals surface area contributed by atoms with Crippen LogP contribution in [0.2, 0.25) is 0 Å². The number of hydrogen-bond donors (Lipinski definition) is 0. The fourth-order valence-electron chi connectivity index (χ4n) is 3.28. The van der Waals surface area contributed by atoms with E-state index in [1.807, 2.05) is 24.9 Å². The number of thioether (sulfide) groups is 1. The molecule has 1 aliphatic rings. The van der Waals surface area contributed by atoms with E-state index in [0.717, 1.165) is 18.4 Å². The van der Waals surface area contributed by atoms with Crippen LogP contribution in [0, 0.1) is 12.8 Å². The number of carbonyl (C=O) groups excluding carboxylic acids is 1. The van der Waals surface area contributed by atoms with Gasteiger partial charge in [-0.1, -0.05) is 11.6 Å². The normalized spacial score (nSPS) is 19.3. The molecule has 1 saturated carbocycles. The fraction of sp³-hybridized carbons (Fsp3) is 0.333. The number of rotatable bonds is 5. The molecule has 0 spiro atoms. The third kappa shape index (κ3) is 3.38. The zero-order chi connectivity index (χ0) is 18.1. The summed E-state index contributed by atoms with van der Waals surface area (Å²) >= 11 is 3.61. The van der Waals surface area contributed by atoms with E-state index >= 15 is 0 Å². The van der Waals surface area contributed by atoms with Crippen molar-refractivity contribution in [3.05, 3.63) is 48.2 Å². The maximum atomic E-state index is 12.0. The molecule has 3 nitrogen and oxygen atoms in total. The van der Waals surface area contributed by atoms with Gasteiger partial charge >= 0.3 is 5.97 Å². The number of aryl methyl sites for hydroxylation is 1. The number of nitrogens with zero attached hydrogens (tertiary/aromatic N) is 1. The van der Waals surface area contributed by atoms with Crippen molar-refractivity contribution < 1.29 is 9.53 Å². The van der Waals surface area contributed by atoms with Gasteiger partial charge in [0.1, 0.15) is 0 Å². The summed E-state index contributed by atoms with van der Waals surface area (Å²) in [7, 11) is 0. The van der Waals surface area contributed by atoms with Crippen molar-refractivity contribution in [3.63, 3.8) is 0 Å². The van der Waals surface area contributed by atoms with Crippen molar-refractivity contribution >= 4 is 40.0 Å². The van der Waals surface area contributed by atoms with Crippen LogP contribution in [-0.2, 0) is 9.53 Å². The van der Waals surface area contributed by atoms with Crippen LogP contribution in [0.5, 0.6) is 0 Å². The molecule has 134 valence electrons. The number of aromatic nitrogens is 1. The lowest BCUT2D eigenvalue weighted by atomic mass is 9.85. The number of esters is 1. The standard InChI is InChI=1S/C21H21NO2S2/c1-3-24-21(23)15-5-7-19(15)26-20-9-8-18(25-20)14-10-11-22-17-6-4-13(2)12-16(14)17/h4,6,8-12,15,19H,3,5,7H2,1-2H3. The number of carbonyl (C=O) groups is 1. The van der Waals surface area contributed by atoms with Crippen molar-refractivity contribution in [1.29, 1.82) is 0 Å². The Bertz CT molecular complexity index is 950. The van der Waals surface area contributed by atoms with Gasteiger partial charge in [-0.05, 0) is 57.0 Å². The summed E-state index contributed by atoms with van der Waals surface area (Å²) in [4.78, 5) is 17.7. The minimum absolute atomic E-state index is 0.0383. The first-order chi connectivity index (χ1) is 12.7. The van der Waals surface area contributed by atoms with E-state index in [-0.39, 0.29) is 11.9 Å². The highest BCUT2D eigenvalue weighted by atomic mass is 32.2. The van der Waals surface area contributed by atoms with Crippen LogP contribution in [-0.4, -0.2) is 22.8 Å². The van der Waals surface area contributed by atoms with Gasteiger partial charge in [0.2, 0.25) is 0 Å². The van der Waals surface area contributed by atoms with Crippen LogP contribution in [0.4, 0.5) is 0 Å². The quantitative estimate of drug-likeness (QED) is 0.529. The minimum atomic E-state index is -0.0383.